The van der Waals surface area contributed by atoms with Crippen molar-refractivity contribution in [2.24, 2.45) is 5.14 Å². The minimum atomic E-state index is -5.08. The van der Waals surface area contributed by atoms with Crippen LogP contribution in [-0.4, -0.2) is 64.5 Å². The first-order chi connectivity index (χ1) is 17.7. The number of fused-ring (bicyclic) bond motifs is 1. The van der Waals surface area contributed by atoms with Crippen LogP contribution in [0.2, 0.25) is 0 Å². The molecule has 0 amide bonds. The number of sulfonamides is 1. The van der Waals surface area contributed by atoms with Gasteiger partial charge in [0.25, 0.3) is 0 Å². The molecule has 0 saturated heterocycles. The number of nitrogens with one attached hydrogen (secondary N) is 1. The molecule has 0 unspecified atom stereocenters. The lowest BCUT2D eigenvalue weighted by molar-refractivity contribution is -0.192. The largest absolute Gasteiger partial charge is 0.490 e. The van der Waals surface area contributed by atoms with Crippen molar-refractivity contribution >= 4 is 54.6 Å². The summed E-state index contributed by atoms with van der Waals surface area (Å²) in [5.74, 6) is -2.39. The summed E-state index contributed by atoms with van der Waals surface area (Å²) in [6.45, 7) is 0.882. The van der Waals surface area contributed by atoms with E-state index in [1.807, 2.05) is 12.5 Å². The first-order valence-electron chi connectivity index (χ1n) is 11.1. The molecule has 1 saturated carbocycles. The molecule has 38 heavy (non-hydrogen) atoms. The Hall–Kier alpha value is -3.05. The topological polar surface area (TPSA) is 156 Å². The molecule has 17 heteroatoms. The highest BCUT2D eigenvalue weighted by atomic mass is 79.9. The van der Waals surface area contributed by atoms with Crippen molar-refractivity contribution in [3.05, 3.63) is 40.6 Å². The van der Waals surface area contributed by atoms with E-state index in [1.54, 1.807) is 18.0 Å². The average Bonchev–Trinajstić information content (AvgIpc) is 3.54. The van der Waals surface area contributed by atoms with Crippen LogP contribution in [0.3, 0.4) is 0 Å². The van der Waals surface area contributed by atoms with Crippen molar-refractivity contribution in [2.45, 2.75) is 38.0 Å². The normalized spacial score (nSPS) is 13.7. The predicted molar refractivity (Wildman–Crippen MR) is 135 cm³/mol. The van der Waals surface area contributed by atoms with Crippen molar-refractivity contribution in [1.29, 1.82) is 0 Å². The second-order valence-corrected chi connectivity index (χ2v) is 11.1. The Balaban J connectivity index is 0.000000505. The molecule has 1 aliphatic carbocycles. The number of alkyl halides is 3. The van der Waals surface area contributed by atoms with Gasteiger partial charge in [-0.05, 0) is 47.3 Å². The van der Waals surface area contributed by atoms with Gasteiger partial charge in [-0.2, -0.15) is 18.2 Å². The van der Waals surface area contributed by atoms with Crippen LogP contribution >= 0.6 is 15.9 Å². The first kappa shape index (κ1) is 29.5. The lowest BCUT2D eigenvalue weighted by Crippen LogP contribution is -2.25. The van der Waals surface area contributed by atoms with E-state index in [0.717, 1.165) is 18.5 Å². The van der Waals surface area contributed by atoms with E-state index in [1.165, 1.54) is 6.07 Å². The quantitative estimate of drug-likeness (QED) is 0.303. The number of hydrogen-bond acceptors (Lipinski definition) is 8. The van der Waals surface area contributed by atoms with Gasteiger partial charge in [-0.1, -0.05) is 0 Å². The molecule has 4 N–H and O–H groups in total. The van der Waals surface area contributed by atoms with E-state index in [2.05, 4.69) is 40.8 Å². The first-order valence-corrected chi connectivity index (χ1v) is 13.6. The summed E-state index contributed by atoms with van der Waals surface area (Å²) in [4.78, 5) is 24.0. The number of benzene rings is 1. The molecule has 1 fully saturated rings. The van der Waals surface area contributed by atoms with Crippen molar-refractivity contribution in [3.8, 4) is 0 Å². The fourth-order valence-corrected chi connectivity index (χ4v) is 4.21. The molecule has 2 heterocycles. The van der Waals surface area contributed by atoms with E-state index in [4.69, 9.17) is 15.0 Å². The molecule has 0 radical (unpaired) electrons. The molecule has 3 aromatic rings. The van der Waals surface area contributed by atoms with Gasteiger partial charge in [-0.15, -0.1) is 0 Å². The number of nitrogens with zero attached hydrogens (tertiary/aromatic N) is 5. The number of aromatic nitrogens is 4. The minimum Gasteiger partial charge on any atom is -0.475 e. The van der Waals surface area contributed by atoms with E-state index in [9.17, 15) is 26.0 Å². The fraction of sp³-hybridized carbons (Fsp3) is 0.429. The molecule has 0 aliphatic heterocycles. The van der Waals surface area contributed by atoms with Crippen LogP contribution in [0.5, 0.6) is 0 Å². The van der Waals surface area contributed by atoms with Gasteiger partial charge in [-0.3, -0.25) is 0 Å². The van der Waals surface area contributed by atoms with Gasteiger partial charge in [0.05, 0.1) is 34.3 Å². The van der Waals surface area contributed by atoms with Gasteiger partial charge in [-0.25, -0.2) is 32.7 Å². The van der Waals surface area contributed by atoms with Gasteiger partial charge >= 0.3 is 12.1 Å². The number of nitrogens with two attached hydrogens (primary N) is 1. The number of rotatable bonds is 9. The number of imidazole rings is 1. The highest BCUT2D eigenvalue weighted by molar-refractivity contribution is 9.10. The van der Waals surface area contributed by atoms with Crippen LogP contribution in [0.15, 0.2) is 29.1 Å². The number of anilines is 2. The summed E-state index contributed by atoms with van der Waals surface area (Å²) < 4.78 is 70.8. The maximum Gasteiger partial charge on any atom is 0.490 e. The number of aliphatic carboxylic acids is 1. The van der Waals surface area contributed by atoms with Crippen LogP contribution in [-0.2, 0) is 21.4 Å². The zero-order chi connectivity index (χ0) is 28.3. The zero-order valence-corrected chi connectivity index (χ0v) is 22.3. The Labute approximate surface area is 223 Å². The number of carboxylic acid groups (broad SMARTS) is 1. The molecular weight excluding hydrogens is 602 g/mol. The zero-order valence-electron chi connectivity index (χ0n) is 19.9. The summed E-state index contributed by atoms with van der Waals surface area (Å²) in [5.41, 5.74) is 1.59. The third-order valence-electron chi connectivity index (χ3n) is 5.36. The summed E-state index contributed by atoms with van der Waals surface area (Å²) in [6, 6.07) is 3.49. The third kappa shape index (κ3) is 8.22. The van der Waals surface area contributed by atoms with Gasteiger partial charge in [0.2, 0.25) is 16.0 Å². The van der Waals surface area contributed by atoms with Crippen molar-refractivity contribution in [2.75, 3.05) is 29.6 Å². The smallest absolute Gasteiger partial charge is 0.475 e. The molecule has 208 valence electrons. The Bertz CT molecular complexity index is 1410. The van der Waals surface area contributed by atoms with Gasteiger partial charge in [0.1, 0.15) is 11.6 Å². The van der Waals surface area contributed by atoms with Crippen molar-refractivity contribution in [1.82, 2.24) is 19.5 Å². The molecule has 1 aliphatic rings. The van der Waals surface area contributed by atoms with Crippen LogP contribution in [0, 0.1) is 5.82 Å². The number of primary sulfonamides is 1. The van der Waals surface area contributed by atoms with Crippen LogP contribution in [0.4, 0.5) is 29.3 Å². The Morgan fingerprint density at radius 2 is 1.97 bits per heavy atom. The average molecular weight is 626 g/mol. The second kappa shape index (κ2) is 11.8. The summed E-state index contributed by atoms with van der Waals surface area (Å²) in [6.07, 6.45) is 1.19. The highest BCUT2D eigenvalue weighted by Gasteiger charge is 2.38. The molecule has 0 spiro atoms. The molecule has 4 rings (SSSR count). The summed E-state index contributed by atoms with van der Waals surface area (Å²) >= 11 is 3.21. The number of carbonyl (C=O) groups is 1. The monoisotopic (exact) mass is 625 g/mol. The summed E-state index contributed by atoms with van der Waals surface area (Å²) in [5, 5.41) is 16.1. The summed E-state index contributed by atoms with van der Waals surface area (Å²) in [7, 11) is -1.76. The lowest BCUT2D eigenvalue weighted by Gasteiger charge is -2.19. The number of hydrogen-bond donors (Lipinski definition) is 3. The maximum absolute atomic E-state index is 14.2. The number of halogens is 5. The van der Waals surface area contributed by atoms with Crippen LogP contribution < -0.4 is 15.4 Å². The molecule has 0 bridgehead atoms. The molecule has 2 aromatic heterocycles. The Morgan fingerprint density at radius 3 is 2.55 bits per heavy atom. The maximum atomic E-state index is 14.2. The van der Waals surface area contributed by atoms with E-state index in [0.29, 0.717) is 52.7 Å². The Morgan fingerprint density at radius 1 is 1.32 bits per heavy atom. The van der Waals surface area contributed by atoms with Gasteiger partial charge in [0, 0.05) is 31.2 Å². The predicted octanol–water partition coefficient (Wildman–Crippen LogP) is 3.42. The molecule has 0 atom stereocenters. The van der Waals surface area contributed by atoms with Gasteiger partial charge < -0.3 is 19.9 Å². The molecule has 1 aromatic carbocycles. The Kier molecular flexibility index (Phi) is 9.14. The van der Waals surface area contributed by atoms with Crippen molar-refractivity contribution < 1.29 is 35.9 Å². The van der Waals surface area contributed by atoms with Crippen molar-refractivity contribution in [3.63, 3.8) is 0 Å². The highest BCUT2D eigenvalue weighted by Crippen LogP contribution is 2.36. The minimum absolute atomic E-state index is 0.127. The lowest BCUT2D eigenvalue weighted by atomic mass is 10.2. The van der Waals surface area contributed by atoms with E-state index >= 15 is 0 Å². The van der Waals surface area contributed by atoms with E-state index < -0.39 is 28.0 Å². The van der Waals surface area contributed by atoms with Crippen LogP contribution in [0.1, 0.15) is 31.0 Å². The number of carboxylic acids is 1. The molecular formula is C21H24BrF4N7O4S. The fourth-order valence-electron chi connectivity index (χ4n) is 3.34. The second-order valence-electron chi connectivity index (χ2n) is 8.48. The van der Waals surface area contributed by atoms with Crippen LogP contribution in [0.25, 0.3) is 10.9 Å². The third-order valence-corrected chi connectivity index (χ3v) is 6.82. The standard InChI is InChI=1S/C19H23BrFN7O2S.C2HF3O2/c1-27(5-2-6-31(22,29)30)19-25-17-8-15(20)16(21)7-14(17)18(26-19)24-10-13-9-23-11-28(13)12-3-4-12;3-2(4,5)1(6)7/h7-9,11-12H,2-6,10H2,1H3,(H2,22,29,30)(H,24,25,26);(H,6,7). The SMILES string of the molecule is CN(CCCS(N)(=O)=O)c1nc(NCc2cncn2C2CC2)c2cc(F)c(Br)cc2n1.O=C(O)C(F)(F)F. The van der Waals surface area contributed by atoms with E-state index in [-0.39, 0.29) is 5.75 Å². The van der Waals surface area contributed by atoms with Gasteiger partial charge in [0.15, 0.2) is 0 Å². The molecule has 11 nitrogen and oxygen atoms in total.